The molecule has 0 spiro atoms. The molecule has 0 aromatic carbocycles. The summed E-state index contributed by atoms with van der Waals surface area (Å²) in [4.78, 5) is 12.9. The molecule has 0 saturated heterocycles. The Hall–Kier alpha value is -2.94. The van der Waals surface area contributed by atoms with Crippen LogP contribution in [0.25, 0.3) is 34.6 Å². The maximum absolute atomic E-state index is 9.23. The van der Waals surface area contributed by atoms with Crippen molar-refractivity contribution in [2.24, 2.45) is 0 Å². The summed E-state index contributed by atoms with van der Waals surface area (Å²) in [5.41, 5.74) is 1.08. The standard InChI is InChI=1S/C12N12Se3/c13-1-4-7(22-25-19-4)10-16-11(8-5(2-14)20-26-23-8)18-12(17-10)9-6(3-15)21-27-24-9. The molecule has 0 amide bonds. The molecule has 0 aliphatic rings. The van der Waals surface area contributed by atoms with Gasteiger partial charge in [0.25, 0.3) is 0 Å². The van der Waals surface area contributed by atoms with E-state index in [-0.39, 0.29) is 51.6 Å². The maximum atomic E-state index is 9.23. The zero-order valence-electron chi connectivity index (χ0n) is 12.6. The third-order valence-corrected chi connectivity index (χ3v) is 6.38. The molecule has 4 heterocycles. The van der Waals surface area contributed by atoms with Crippen LogP contribution < -0.4 is 0 Å². The van der Waals surface area contributed by atoms with Crippen LogP contribution in [0.1, 0.15) is 17.1 Å². The molecule has 12 nitrogen and oxygen atoms in total. The van der Waals surface area contributed by atoms with Crippen LogP contribution in [0.4, 0.5) is 0 Å². The fourth-order valence-electron chi connectivity index (χ4n) is 1.92. The summed E-state index contributed by atoms with van der Waals surface area (Å²) in [5.74, 6) is 0.315. The Morgan fingerprint density at radius 2 is 0.778 bits per heavy atom. The first-order valence-electron chi connectivity index (χ1n) is 6.70. The fourth-order valence-corrected chi connectivity index (χ4v) is 5.06. The topological polar surface area (TPSA) is 187 Å². The van der Waals surface area contributed by atoms with Crippen LogP contribution in [0.15, 0.2) is 0 Å². The summed E-state index contributed by atoms with van der Waals surface area (Å²) >= 11 is -1.39. The van der Waals surface area contributed by atoms with E-state index in [1.807, 2.05) is 18.2 Å². The van der Waals surface area contributed by atoms with Crippen molar-refractivity contribution in [3.05, 3.63) is 17.1 Å². The molecule has 4 aromatic rings. The summed E-state index contributed by atoms with van der Waals surface area (Å²) in [6.45, 7) is 0. The fraction of sp³-hybridized carbons (Fsp3) is 0. The van der Waals surface area contributed by atoms with Crippen LogP contribution >= 0.6 is 0 Å². The number of hydrogen-bond acceptors (Lipinski definition) is 12. The molecule has 27 heavy (non-hydrogen) atoms. The molecule has 0 aliphatic heterocycles. The SMILES string of the molecule is N#Cc1n[se]nc1-c1nc(-c2n[se]nc2C#N)nc(-c2n[se]nc2C#N)n1. The molecule has 0 aliphatic carbocycles. The summed E-state index contributed by atoms with van der Waals surface area (Å²) in [5, 5.41) is 27.7. The van der Waals surface area contributed by atoms with Gasteiger partial charge in [0, 0.05) is 0 Å². The van der Waals surface area contributed by atoms with Crippen LogP contribution in [0, 0.1) is 34.0 Å². The third-order valence-electron chi connectivity index (χ3n) is 3.05. The molecule has 0 saturated carbocycles. The molecule has 4 rings (SSSR count). The van der Waals surface area contributed by atoms with Gasteiger partial charge in [-0.05, 0) is 0 Å². The van der Waals surface area contributed by atoms with E-state index in [0.717, 1.165) is 0 Å². The Morgan fingerprint density at radius 3 is 1.04 bits per heavy atom. The second kappa shape index (κ2) is 7.35. The van der Waals surface area contributed by atoms with Gasteiger partial charge in [-0.25, -0.2) is 0 Å². The monoisotopic (exact) mass is 552 g/mol. The quantitative estimate of drug-likeness (QED) is 0.257. The van der Waals surface area contributed by atoms with E-state index in [1.54, 1.807) is 0 Å². The van der Waals surface area contributed by atoms with Crippen LogP contribution in [-0.4, -0.2) is 83.7 Å². The Labute approximate surface area is 168 Å². The first-order chi connectivity index (χ1) is 13.2. The molecule has 0 radical (unpaired) electrons. The van der Waals surface area contributed by atoms with Gasteiger partial charge in [-0.1, -0.05) is 0 Å². The van der Waals surface area contributed by atoms with Crippen molar-refractivity contribution in [2.45, 2.75) is 0 Å². The summed E-state index contributed by atoms with van der Waals surface area (Å²) in [7, 11) is 0. The predicted molar refractivity (Wildman–Crippen MR) is 87.9 cm³/mol. The Kier molecular flexibility index (Phi) is 4.76. The van der Waals surface area contributed by atoms with E-state index in [9.17, 15) is 15.8 Å². The number of rotatable bonds is 3. The molecule has 0 fully saturated rings. The van der Waals surface area contributed by atoms with Crippen molar-refractivity contribution in [2.75, 3.05) is 0 Å². The molecule has 0 bridgehead atoms. The van der Waals surface area contributed by atoms with Gasteiger partial charge in [0.15, 0.2) is 0 Å². The molecule has 4 aromatic heterocycles. The molecule has 0 N–H and O–H groups in total. The minimum atomic E-state index is -0.464. The molecule has 0 unspecified atom stereocenters. The Bertz CT molecular complexity index is 1110. The van der Waals surface area contributed by atoms with Crippen molar-refractivity contribution < 1.29 is 0 Å². The van der Waals surface area contributed by atoms with Gasteiger partial charge in [0.2, 0.25) is 0 Å². The average molecular weight is 549 g/mol. The number of nitriles is 3. The predicted octanol–water partition coefficient (Wildman–Crippen LogP) is -1.97. The van der Waals surface area contributed by atoms with E-state index in [0.29, 0.717) is 0 Å². The molecular formula is C12N12Se3. The normalized spacial score (nSPS) is 10.1. The van der Waals surface area contributed by atoms with E-state index in [1.165, 1.54) is 0 Å². The van der Waals surface area contributed by atoms with Gasteiger partial charge in [-0.3, -0.25) is 0 Å². The van der Waals surface area contributed by atoms with E-state index < -0.39 is 44.9 Å². The molecule has 15 heteroatoms. The van der Waals surface area contributed by atoms with Crippen LogP contribution in [0.2, 0.25) is 0 Å². The van der Waals surface area contributed by atoms with Crippen LogP contribution in [-0.2, 0) is 0 Å². The second-order valence-corrected chi connectivity index (χ2v) is 7.85. The first-order valence-corrected chi connectivity index (χ1v) is 11.3. The third kappa shape index (κ3) is 3.14. The number of nitrogens with zero attached hydrogens (tertiary/aromatic N) is 12. The molecule has 0 atom stereocenters. The van der Waals surface area contributed by atoms with E-state index >= 15 is 0 Å². The summed E-state index contributed by atoms with van der Waals surface area (Å²) in [6.07, 6.45) is 0. The Morgan fingerprint density at radius 1 is 0.481 bits per heavy atom. The zero-order valence-corrected chi connectivity index (χ0v) is 17.7. The van der Waals surface area contributed by atoms with Gasteiger partial charge >= 0.3 is 169 Å². The Balaban J connectivity index is 2.00. The van der Waals surface area contributed by atoms with Crippen molar-refractivity contribution in [1.29, 1.82) is 15.8 Å². The van der Waals surface area contributed by atoms with Crippen molar-refractivity contribution in [1.82, 2.24) is 38.8 Å². The minimum absolute atomic E-state index is 0.105. The summed E-state index contributed by atoms with van der Waals surface area (Å²) in [6, 6.07) is 5.88. The van der Waals surface area contributed by atoms with E-state index in [4.69, 9.17) is 0 Å². The van der Waals surface area contributed by atoms with Gasteiger partial charge in [0.1, 0.15) is 0 Å². The van der Waals surface area contributed by atoms with Crippen molar-refractivity contribution in [3.8, 4) is 52.8 Å². The molecular weight excluding hydrogens is 549 g/mol. The zero-order chi connectivity index (χ0) is 18.8. The van der Waals surface area contributed by atoms with Crippen molar-refractivity contribution in [3.63, 3.8) is 0 Å². The first kappa shape index (κ1) is 17.5. The van der Waals surface area contributed by atoms with Gasteiger partial charge < -0.3 is 0 Å². The number of hydrogen-bond donors (Lipinski definition) is 0. The van der Waals surface area contributed by atoms with Gasteiger partial charge in [-0.15, -0.1) is 0 Å². The van der Waals surface area contributed by atoms with Crippen LogP contribution in [0.5, 0.6) is 0 Å². The van der Waals surface area contributed by atoms with Gasteiger partial charge in [0.05, 0.1) is 0 Å². The second-order valence-electron chi connectivity index (χ2n) is 4.53. The molecule has 126 valence electrons. The van der Waals surface area contributed by atoms with Gasteiger partial charge in [-0.2, -0.15) is 0 Å². The summed E-state index contributed by atoms with van der Waals surface area (Å²) < 4.78 is 24.7. The average Bonchev–Trinajstić information content (AvgIpc) is 3.46. The number of aromatic nitrogens is 9. The van der Waals surface area contributed by atoms with E-state index in [2.05, 4.69) is 38.8 Å². The van der Waals surface area contributed by atoms with Crippen molar-refractivity contribution >= 4 is 44.9 Å². The van der Waals surface area contributed by atoms with Crippen LogP contribution in [0.3, 0.4) is 0 Å².